The molecule has 0 aliphatic heterocycles. The minimum Gasteiger partial charge on any atom is -0.463 e. The topological polar surface area (TPSA) is 42.7 Å². The summed E-state index contributed by atoms with van der Waals surface area (Å²) in [4.78, 5) is 13.6. The van der Waals surface area contributed by atoms with Crippen molar-refractivity contribution in [2.75, 3.05) is 20.7 Å². The highest BCUT2D eigenvalue weighted by Crippen LogP contribution is 2.39. The van der Waals surface area contributed by atoms with Crippen molar-refractivity contribution in [3.8, 4) is 0 Å². The maximum atomic E-state index is 11.3. The highest BCUT2D eigenvalue weighted by atomic mass is 16.5. The molecule has 0 N–H and O–H groups in total. The van der Waals surface area contributed by atoms with E-state index in [1.54, 1.807) is 6.07 Å². The molecule has 4 nitrogen and oxygen atoms in total. The molecule has 1 aliphatic carbocycles. The van der Waals surface area contributed by atoms with Crippen molar-refractivity contribution >= 4 is 5.97 Å². The van der Waals surface area contributed by atoms with E-state index in [4.69, 9.17) is 4.42 Å². The Kier molecular flexibility index (Phi) is 3.76. The van der Waals surface area contributed by atoms with E-state index in [0.717, 1.165) is 24.1 Å². The first-order chi connectivity index (χ1) is 8.52. The summed E-state index contributed by atoms with van der Waals surface area (Å²) in [6.45, 7) is 5.45. The van der Waals surface area contributed by atoms with Crippen LogP contribution in [0.1, 0.15) is 42.6 Å². The van der Waals surface area contributed by atoms with Crippen LogP contribution in [-0.2, 0) is 4.74 Å². The molecule has 2 rings (SSSR count). The molecule has 3 atom stereocenters. The first kappa shape index (κ1) is 13.1. The first-order valence-corrected chi connectivity index (χ1v) is 6.41. The maximum Gasteiger partial charge on any atom is 0.373 e. The van der Waals surface area contributed by atoms with E-state index in [2.05, 4.69) is 30.5 Å². The predicted molar refractivity (Wildman–Crippen MR) is 68.4 cm³/mol. The van der Waals surface area contributed by atoms with E-state index in [9.17, 15) is 4.79 Å². The van der Waals surface area contributed by atoms with Gasteiger partial charge in [0.25, 0.3) is 0 Å². The number of rotatable bonds is 5. The highest BCUT2D eigenvalue weighted by molar-refractivity contribution is 5.86. The van der Waals surface area contributed by atoms with Gasteiger partial charge in [-0.1, -0.05) is 6.92 Å². The first-order valence-electron chi connectivity index (χ1n) is 6.41. The second-order valence-corrected chi connectivity index (χ2v) is 5.28. The zero-order valence-corrected chi connectivity index (χ0v) is 11.5. The normalized spacial score (nSPS) is 24.1. The fourth-order valence-corrected chi connectivity index (χ4v) is 2.19. The van der Waals surface area contributed by atoms with Gasteiger partial charge in [-0.15, -0.1) is 0 Å². The van der Waals surface area contributed by atoms with Gasteiger partial charge in [0.05, 0.1) is 13.2 Å². The van der Waals surface area contributed by atoms with Crippen molar-refractivity contribution < 1.29 is 13.9 Å². The fraction of sp³-hybridized carbons (Fsp3) is 0.643. The smallest absolute Gasteiger partial charge is 0.373 e. The lowest BCUT2D eigenvalue weighted by molar-refractivity contribution is 0.0559. The average Bonchev–Trinajstić information content (AvgIpc) is 2.85. The van der Waals surface area contributed by atoms with Crippen LogP contribution in [0.2, 0.25) is 0 Å². The number of methoxy groups -OCH3 is 1. The standard InChI is InChI=1S/C14H21NO3/c1-9-7-11(9)8-15(3)10(2)12-5-6-13(18-12)14(16)17-4/h5-6,9-11H,7-8H2,1-4H3. The van der Waals surface area contributed by atoms with Crippen LogP contribution >= 0.6 is 0 Å². The molecule has 1 aliphatic rings. The van der Waals surface area contributed by atoms with Crippen molar-refractivity contribution in [1.29, 1.82) is 0 Å². The van der Waals surface area contributed by atoms with Gasteiger partial charge in [-0.05, 0) is 44.4 Å². The molecule has 18 heavy (non-hydrogen) atoms. The molecule has 1 fully saturated rings. The fourth-order valence-electron chi connectivity index (χ4n) is 2.19. The molecule has 0 radical (unpaired) electrons. The number of furan rings is 1. The third-order valence-corrected chi connectivity index (χ3v) is 3.88. The largest absolute Gasteiger partial charge is 0.463 e. The summed E-state index contributed by atoms with van der Waals surface area (Å²) < 4.78 is 10.2. The van der Waals surface area contributed by atoms with E-state index in [1.165, 1.54) is 13.5 Å². The molecule has 1 aromatic rings. The summed E-state index contributed by atoms with van der Waals surface area (Å²) in [5, 5.41) is 0. The zero-order chi connectivity index (χ0) is 13.3. The van der Waals surface area contributed by atoms with E-state index in [0.29, 0.717) is 0 Å². The Morgan fingerprint density at radius 2 is 2.28 bits per heavy atom. The van der Waals surface area contributed by atoms with Gasteiger partial charge in [0.15, 0.2) is 0 Å². The van der Waals surface area contributed by atoms with Gasteiger partial charge in [0, 0.05) is 6.54 Å². The number of ether oxygens (including phenoxy) is 1. The minimum absolute atomic E-state index is 0.177. The number of hydrogen-bond donors (Lipinski definition) is 0. The summed E-state index contributed by atoms with van der Waals surface area (Å²) in [5.41, 5.74) is 0. The van der Waals surface area contributed by atoms with Gasteiger partial charge in [0.2, 0.25) is 5.76 Å². The lowest BCUT2D eigenvalue weighted by Gasteiger charge is -2.22. The Bertz CT molecular complexity index is 426. The highest BCUT2D eigenvalue weighted by Gasteiger charge is 2.34. The zero-order valence-electron chi connectivity index (χ0n) is 11.5. The van der Waals surface area contributed by atoms with E-state index >= 15 is 0 Å². The number of esters is 1. The molecule has 100 valence electrons. The molecule has 1 saturated carbocycles. The third kappa shape index (κ3) is 2.75. The Hall–Kier alpha value is -1.29. The molecule has 1 heterocycles. The van der Waals surface area contributed by atoms with Crippen molar-refractivity contribution in [3.63, 3.8) is 0 Å². The van der Waals surface area contributed by atoms with E-state index in [-0.39, 0.29) is 11.8 Å². The minimum atomic E-state index is -0.424. The van der Waals surface area contributed by atoms with Crippen molar-refractivity contribution in [3.05, 3.63) is 23.7 Å². The summed E-state index contributed by atoms with van der Waals surface area (Å²) in [5.74, 6) is 2.32. The van der Waals surface area contributed by atoms with Gasteiger partial charge < -0.3 is 9.15 Å². The van der Waals surface area contributed by atoms with Crippen LogP contribution in [0.15, 0.2) is 16.5 Å². The van der Waals surface area contributed by atoms with Crippen LogP contribution in [0.5, 0.6) is 0 Å². The van der Waals surface area contributed by atoms with Gasteiger partial charge in [-0.3, -0.25) is 4.90 Å². The molecule has 0 bridgehead atoms. The van der Waals surface area contributed by atoms with Crippen LogP contribution in [0.25, 0.3) is 0 Å². The van der Waals surface area contributed by atoms with Crippen molar-refractivity contribution in [2.45, 2.75) is 26.3 Å². The van der Waals surface area contributed by atoms with Crippen LogP contribution in [0.4, 0.5) is 0 Å². The molecule has 3 unspecified atom stereocenters. The monoisotopic (exact) mass is 251 g/mol. The van der Waals surface area contributed by atoms with Crippen LogP contribution in [0, 0.1) is 11.8 Å². The number of hydrogen-bond acceptors (Lipinski definition) is 4. The summed E-state index contributed by atoms with van der Waals surface area (Å²) in [6.07, 6.45) is 1.32. The van der Waals surface area contributed by atoms with Gasteiger partial charge in [-0.2, -0.15) is 0 Å². The van der Waals surface area contributed by atoms with Crippen molar-refractivity contribution in [2.24, 2.45) is 11.8 Å². The quantitative estimate of drug-likeness (QED) is 0.755. The second kappa shape index (κ2) is 5.14. The summed E-state index contributed by atoms with van der Waals surface area (Å²) in [7, 11) is 3.45. The molecule has 0 aromatic carbocycles. The molecular weight excluding hydrogens is 230 g/mol. The van der Waals surface area contributed by atoms with Crippen LogP contribution in [-0.4, -0.2) is 31.6 Å². The summed E-state index contributed by atoms with van der Waals surface area (Å²) >= 11 is 0. The number of carbonyl (C=O) groups excluding carboxylic acids is 1. The molecule has 4 heteroatoms. The molecule has 0 spiro atoms. The lowest BCUT2D eigenvalue weighted by Crippen LogP contribution is -2.24. The third-order valence-electron chi connectivity index (χ3n) is 3.88. The van der Waals surface area contributed by atoms with Crippen molar-refractivity contribution in [1.82, 2.24) is 4.90 Å². The van der Waals surface area contributed by atoms with Crippen LogP contribution < -0.4 is 0 Å². The Morgan fingerprint density at radius 3 is 2.83 bits per heavy atom. The maximum absolute atomic E-state index is 11.3. The molecular formula is C14H21NO3. The number of carbonyl (C=O) groups is 1. The summed E-state index contributed by atoms with van der Waals surface area (Å²) in [6, 6.07) is 3.70. The van der Waals surface area contributed by atoms with Gasteiger partial charge in [-0.25, -0.2) is 4.79 Å². The Morgan fingerprint density at radius 1 is 1.61 bits per heavy atom. The average molecular weight is 251 g/mol. The van der Waals surface area contributed by atoms with Gasteiger partial charge in [0.1, 0.15) is 5.76 Å². The molecule has 0 saturated heterocycles. The second-order valence-electron chi connectivity index (χ2n) is 5.28. The van der Waals surface area contributed by atoms with Gasteiger partial charge >= 0.3 is 5.97 Å². The van der Waals surface area contributed by atoms with E-state index in [1.807, 2.05) is 6.07 Å². The van der Waals surface area contributed by atoms with E-state index < -0.39 is 5.97 Å². The SMILES string of the molecule is COC(=O)c1ccc(C(C)N(C)CC2CC2C)o1. The number of nitrogens with zero attached hydrogens (tertiary/aromatic N) is 1. The molecule has 0 amide bonds. The Labute approximate surface area is 108 Å². The van der Waals surface area contributed by atoms with Crippen LogP contribution in [0.3, 0.4) is 0 Å². The Balaban J connectivity index is 1.97. The lowest BCUT2D eigenvalue weighted by atomic mass is 10.2. The molecule has 1 aromatic heterocycles. The predicted octanol–water partition coefficient (Wildman–Crippen LogP) is 2.72.